The smallest absolute Gasteiger partial charge is 0.207 e. The summed E-state index contributed by atoms with van der Waals surface area (Å²) in [6.07, 6.45) is -1.18. The van der Waals surface area contributed by atoms with Crippen LogP contribution in [0.3, 0.4) is 0 Å². The van der Waals surface area contributed by atoms with Crippen LogP contribution >= 0.6 is 0 Å². The van der Waals surface area contributed by atoms with Gasteiger partial charge in [-0.3, -0.25) is 0 Å². The van der Waals surface area contributed by atoms with Crippen molar-refractivity contribution >= 4 is 0 Å². The lowest BCUT2D eigenvalue weighted by Crippen LogP contribution is -2.24. The lowest BCUT2D eigenvalue weighted by Gasteiger charge is -2.32. The topological polar surface area (TPSA) is 127 Å². The lowest BCUT2D eigenvalue weighted by molar-refractivity contribution is 0.0843. The highest BCUT2D eigenvalue weighted by Gasteiger charge is 2.37. The van der Waals surface area contributed by atoms with E-state index in [-0.39, 0.29) is 63.7 Å². The van der Waals surface area contributed by atoms with Gasteiger partial charge in [0.1, 0.15) is 0 Å². The van der Waals surface area contributed by atoms with E-state index in [0.29, 0.717) is 0 Å². The van der Waals surface area contributed by atoms with Crippen LogP contribution in [-0.4, -0.2) is 55.5 Å². The van der Waals surface area contributed by atoms with Crippen molar-refractivity contribution in [3.63, 3.8) is 0 Å². The van der Waals surface area contributed by atoms with Crippen molar-refractivity contribution in [2.45, 2.75) is 12.0 Å². The summed E-state index contributed by atoms with van der Waals surface area (Å²) in [5.74, 6) is -1.36. The minimum atomic E-state index is -1.18. The number of fused-ring (bicyclic) bond motifs is 1. The van der Waals surface area contributed by atoms with Crippen molar-refractivity contribution in [2.24, 2.45) is 0 Å². The van der Waals surface area contributed by atoms with Crippen LogP contribution < -0.4 is 23.7 Å². The molecule has 3 rings (SSSR count). The zero-order valence-electron chi connectivity index (χ0n) is 15.8. The van der Waals surface area contributed by atoms with Crippen molar-refractivity contribution < 1.29 is 44.1 Å². The van der Waals surface area contributed by atoms with Crippen molar-refractivity contribution in [1.29, 1.82) is 0 Å². The molecule has 1 heterocycles. The normalized spacial score (nSPS) is 18.0. The first-order valence-corrected chi connectivity index (χ1v) is 8.34. The van der Waals surface area contributed by atoms with E-state index in [9.17, 15) is 20.4 Å². The van der Waals surface area contributed by atoms with Gasteiger partial charge >= 0.3 is 0 Å². The molecule has 0 amide bonds. The van der Waals surface area contributed by atoms with Crippen LogP contribution in [0.15, 0.2) is 12.1 Å². The first-order chi connectivity index (χ1) is 13.4. The molecule has 0 fully saturated rings. The van der Waals surface area contributed by atoms with E-state index in [2.05, 4.69) is 0 Å². The second-order valence-corrected chi connectivity index (χ2v) is 6.14. The van der Waals surface area contributed by atoms with E-state index in [1.54, 1.807) is 0 Å². The summed E-state index contributed by atoms with van der Waals surface area (Å²) in [4.78, 5) is 0. The first-order valence-electron chi connectivity index (χ1n) is 8.34. The molecule has 2 aromatic carbocycles. The molecule has 0 saturated carbocycles. The van der Waals surface area contributed by atoms with Crippen molar-refractivity contribution in [1.82, 2.24) is 0 Å². The Morgan fingerprint density at radius 1 is 0.821 bits per heavy atom. The summed E-state index contributed by atoms with van der Waals surface area (Å²) in [5.41, 5.74) is 0.447. The monoisotopic (exact) mass is 394 g/mol. The van der Waals surface area contributed by atoms with Crippen LogP contribution in [0, 0.1) is 0 Å². The van der Waals surface area contributed by atoms with E-state index in [0.717, 1.165) is 0 Å². The molecule has 2 aromatic rings. The third-order valence-electron chi connectivity index (χ3n) is 4.76. The fraction of sp³-hybridized carbons (Fsp3) is 0.368. The summed E-state index contributed by atoms with van der Waals surface area (Å²) in [6.45, 7) is -0.0836. The second-order valence-electron chi connectivity index (χ2n) is 6.14. The van der Waals surface area contributed by atoms with Crippen molar-refractivity contribution in [3.05, 3.63) is 23.3 Å². The van der Waals surface area contributed by atoms with Gasteiger partial charge in [-0.2, -0.15) is 0 Å². The molecule has 1 aliphatic heterocycles. The van der Waals surface area contributed by atoms with E-state index in [1.807, 2.05) is 0 Å². The molecule has 0 aliphatic carbocycles. The average molecular weight is 394 g/mol. The minimum Gasteiger partial charge on any atom is -0.504 e. The Balaban J connectivity index is 2.12. The van der Waals surface area contributed by atoms with Gasteiger partial charge in [0.05, 0.1) is 47.1 Å². The van der Waals surface area contributed by atoms with Gasteiger partial charge in [-0.1, -0.05) is 0 Å². The van der Waals surface area contributed by atoms with Crippen molar-refractivity contribution in [3.8, 4) is 46.0 Å². The summed E-state index contributed by atoms with van der Waals surface area (Å²) in [5, 5.41) is 42.2. The number of rotatable bonds is 5. The maximum absolute atomic E-state index is 10.9. The van der Waals surface area contributed by atoms with Crippen LogP contribution in [0.4, 0.5) is 0 Å². The highest BCUT2D eigenvalue weighted by Crippen LogP contribution is 2.55. The molecule has 0 radical (unpaired) electrons. The fourth-order valence-electron chi connectivity index (χ4n) is 3.40. The molecule has 9 heteroatoms. The Hall–Kier alpha value is -3.20. The molecule has 0 saturated heterocycles. The molecule has 0 spiro atoms. The Bertz CT molecular complexity index is 894. The Kier molecular flexibility index (Phi) is 5.19. The predicted octanol–water partition coefficient (Wildman–Crippen LogP) is 2.05. The van der Waals surface area contributed by atoms with Gasteiger partial charge in [0.2, 0.25) is 23.0 Å². The van der Waals surface area contributed by atoms with Crippen LogP contribution in [0.5, 0.6) is 46.0 Å². The second kappa shape index (κ2) is 7.43. The van der Waals surface area contributed by atoms with Gasteiger partial charge < -0.3 is 44.1 Å². The zero-order chi connectivity index (χ0) is 20.6. The molecule has 2 atom stereocenters. The zero-order valence-corrected chi connectivity index (χ0v) is 15.8. The highest BCUT2D eigenvalue weighted by molar-refractivity contribution is 5.66. The summed E-state index contributed by atoms with van der Waals surface area (Å²) in [7, 11) is 5.42. The SMILES string of the molecule is COc1cc2c(c(O)c1OC)OCC(c1cc(O)c(OC)c(OC)c1O)[C@H]2O. The summed E-state index contributed by atoms with van der Waals surface area (Å²) in [6, 6.07) is 2.77. The van der Waals surface area contributed by atoms with Crippen LogP contribution in [0.2, 0.25) is 0 Å². The number of hydrogen-bond donors (Lipinski definition) is 4. The molecule has 0 bridgehead atoms. The number of ether oxygens (including phenoxy) is 5. The number of phenolic OH excluding ortho intramolecular Hbond substituents is 3. The van der Waals surface area contributed by atoms with E-state index in [4.69, 9.17) is 23.7 Å². The number of aromatic hydroxyl groups is 3. The van der Waals surface area contributed by atoms with E-state index < -0.39 is 12.0 Å². The van der Waals surface area contributed by atoms with E-state index >= 15 is 0 Å². The molecule has 1 unspecified atom stereocenters. The Labute approximate surface area is 161 Å². The molecular formula is C19H22O9. The molecule has 4 N–H and O–H groups in total. The highest BCUT2D eigenvalue weighted by atomic mass is 16.5. The number of phenols is 3. The number of methoxy groups -OCH3 is 4. The first kappa shape index (κ1) is 19.6. The third kappa shape index (κ3) is 2.84. The van der Waals surface area contributed by atoms with Crippen LogP contribution in [0.1, 0.15) is 23.1 Å². The quantitative estimate of drug-likeness (QED) is 0.563. The Morgan fingerprint density at radius 2 is 1.46 bits per heavy atom. The number of benzene rings is 2. The molecule has 152 valence electrons. The van der Waals surface area contributed by atoms with Gasteiger partial charge in [0, 0.05) is 11.1 Å². The number of hydrogen-bond acceptors (Lipinski definition) is 9. The predicted molar refractivity (Wildman–Crippen MR) is 97.3 cm³/mol. The van der Waals surface area contributed by atoms with Gasteiger partial charge in [0.25, 0.3) is 0 Å². The lowest BCUT2D eigenvalue weighted by atomic mass is 9.86. The van der Waals surface area contributed by atoms with Crippen LogP contribution in [-0.2, 0) is 0 Å². The number of aliphatic hydroxyl groups is 1. The summed E-state index contributed by atoms with van der Waals surface area (Å²) >= 11 is 0. The third-order valence-corrected chi connectivity index (χ3v) is 4.76. The van der Waals surface area contributed by atoms with Gasteiger partial charge in [-0.05, 0) is 12.1 Å². The maximum Gasteiger partial charge on any atom is 0.207 e. The van der Waals surface area contributed by atoms with Crippen molar-refractivity contribution in [2.75, 3.05) is 35.0 Å². The Morgan fingerprint density at radius 3 is 2.04 bits per heavy atom. The maximum atomic E-state index is 10.9. The van der Waals surface area contributed by atoms with Crippen LogP contribution in [0.25, 0.3) is 0 Å². The van der Waals surface area contributed by atoms with Gasteiger partial charge in [0.15, 0.2) is 23.0 Å². The molecule has 0 aromatic heterocycles. The molecule has 28 heavy (non-hydrogen) atoms. The van der Waals surface area contributed by atoms with Gasteiger partial charge in [-0.25, -0.2) is 0 Å². The standard InChI is InChI=1S/C19H22O9/c1-24-12-6-9-13(21)10(7-28-16(9)15(23)18(12)26-3)8-5-11(20)17(25-2)19(27-4)14(8)22/h5-6,10,13,20-23H,7H2,1-4H3/t10?,13-/m0/s1. The van der Waals surface area contributed by atoms with Gasteiger partial charge in [-0.15, -0.1) is 0 Å². The molecule has 1 aliphatic rings. The minimum absolute atomic E-state index is 0.0283. The average Bonchev–Trinajstić information content (AvgIpc) is 2.69. The molecule has 9 nitrogen and oxygen atoms in total. The summed E-state index contributed by atoms with van der Waals surface area (Å²) < 4.78 is 26.2. The largest absolute Gasteiger partial charge is 0.504 e. The fourth-order valence-corrected chi connectivity index (χ4v) is 3.40. The van der Waals surface area contributed by atoms with E-state index in [1.165, 1.54) is 40.6 Å². The number of aliphatic hydroxyl groups excluding tert-OH is 1. The molecular weight excluding hydrogens is 372 g/mol.